The van der Waals surface area contributed by atoms with Gasteiger partial charge in [-0.15, -0.1) is 0 Å². The molecule has 1 N–H and O–H groups in total. The maximum absolute atomic E-state index is 13.0. The topological polar surface area (TPSA) is 88.2 Å². The van der Waals surface area contributed by atoms with Crippen molar-refractivity contribution in [1.82, 2.24) is 9.80 Å². The number of carbonyl (C=O) groups excluding carboxylic acids is 3. The Morgan fingerprint density at radius 3 is 2.75 bits per heavy atom. The van der Waals surface area contributed by atoms with Crippen molar-refractivity contribution in [3.63, 3.8) is 0 Å². The lowest BCUT2D eigenvalue weighted by molar-refractivity contribution is -0.118. The van der Waals surface area contributed by atoms with Crippen molar-refractivity contribution >= 4 is 23.6 Å². The molecule has 168 valence electrons. The third kappa shape index (κ3) is 4.54. The van der Waals surface area contributed by atoms with E-state index in [4.69, 9.17) is 9.47 Å². The number of benzene rings is 1. The molecule has 1 atom stereocenters. The van der Waals surface area contributed by atoms with E-state index in [0.29, 0.717) is 49.5 Å². The van der Waals surface area contributed by atoms with Crippen LogP contribution in [-0.4, -0.2) is 66.1 Å². The van der Waals surface area contributed by atoms with Gasteiger partial charge in [0.05, 0.1) is 12.2 Å². The molecule has 1 aromatic carbocycles. The highest BCUT2D eigenvalue weighted by atomic mass is 16.6. The fraction of sp³-hybridized carbons (Fsp3) is 0.375. The Balaban J connectivity index is 1.34. The Morgan fingerprint density at radius 1 is 1.22 bits per heavy atom. The van der Waals surface area contributed by atoms with Gasteiger partial charge in [-0.2, -0.15) is 0 Å². The smallest absolute Gasteiger partial charge is 0.410 e. The third-order valence-corrected chi connectivity index (χ3v) is 5.92. The molecule has 32 heavy (non-hydrogen) atoms. The van der Waals surface area contributed by atoms with Gasteiger partial charge in [0.25, 0.3) is 11.8 Å². The summed E-state index contributed by atoms with van der Waals surface area (Å²) in [4.78, 5) is 40.5. The Labute approximate surface area is 187 Å². The molecule has 8 nitrogen and oxygen atoms in total. The number of rotatable bonds is 5. The van der Waals surface area contributed by atoms with Gasteiger partial charge in [-0.05, 0) is 43.5 Å². The average Bonchev–Trinajstić information content (AvgIpc) is 3.20. The second-order valence-corrected chi connectivity index (χ2v) is 8.06. The van der Waals surface area contributed by atoms with E-state index in [1.54, 1.807) is 28.0 Å². The summed E-state index contributed by atoms with van der Waals surface area (Å²) >= 11 is 0. The number of fused-ring (bicyclic) bond motifs is 1. The summed E-state index contributed by atoms with van der Waals surface area (Å²) in [6, 6.07) is 5.09. The van der Waals surface area contributed by atoms with Crippen LogP contribution in [0, 0.1) is 0 Å². The van der Waals surface area contributed by atoms with E-state index in [-0.39, 0.29) is 36.7 Å². The fourth-order valence-electron chi connectivity index (χ4n) is 4.15. The van der Waals surface area contributed by atoms with Crippen LogP contribution in [0.15, 0.2) is 54.7 Å². The number of hydrogen-bond acceptors (Lipinski definition) is 5. The van der Waals surface area contributed by atoms with E-state index in [1.165, 1.54) is 0 Å². The number of anilines is 1. The molecular formula is C24H27N3O5. The van der Waals surface area contributed by atoms with Gasteiger partial charge in [0.15, 0.2) is 6.61 Å². The Morgan fingerprint density at radius 2 is 2.00 bits per heavy atom. The van der Waals surface area contributed by atoms with E-state index in [9.17, 15) is 14.4 Å². The molecule has 3 heterocycles. The second kappa shape index (κ2) is 9.30. The SMILES string of the molecule is C=C(/C=C\C=C/C)[C@@H]1CN(C2CCN(C(=O)c3ccc4c(c3)NC(=O)CO4)CC2)C(=O)O1. The number of nitrogens with zero attached hydrogens (tertiary/aromatic N) is 2. The van der Waals surface area contributed by atoms with Crippen LogP contribution in [0.3, 0.4) is 0 Å². The van der Waals surface area contributed by atoms with Crippen LogP contribution in [0.25, 0.3) is 0 Å². The third-order valence-electron chi connectivity index (χ3n) is 5.92. The van der Waals surface area contributed by atoms with Crippen molar-refractivity contribution < 1.29 is 23.9 Å². The first-order valence-corrected chi connectivity index (χ1v) is 10.8. The van der Waals surface area contributed by atoms with E-state index in [2.05, 4.69) is 11.9 Å². The molecule has 3 aliphatic heterocycles. The number of ether oxygens (including phenoxy) is 2. The lowest BCUT2D eigenvalue weighted by Gasteiger charge is -2.35. The van der Waals surface area contributed by atoms with Crippen LogP contribution in [-0.2, 0) is 9.53 Å². The lowest BCUT2D eigenvalue weighted by Crippen LogP contribution is -2.47. The highest BCUT2D eigenvalue weighted by Crippen LogP contribution is 2.30. The molecule has 0 bridgehead atoms. The fourth-order valence-corrected chi connectivity index (χ4v) is 4.15. The summed E-state index contributed by atoms with van der Waals surface area (Å²) in [5.41, 5.74) is 1.77. The number of allylic oxidation sites excluding steroid dienone is 3. The molecule has 0 aliphatic carbocycles. The Bertz CT molecular complexity index is 991. The molecule has 0 unspecified atom stereocenters. The molecule has 0 radical (unpaired) electrons. The van der Waals surface area contributed by atoms with Crippen molar-refractivity contribution in [2.45, 2.75) is 31.9 Å². The molecule has 2 fully saturated rings. The second-order valence-electron chi connectivity index (χ2n) is 8.06. The van der Waals surface area contributed by atoms with Gasteiger partial charge in [0.1, 0.15) is 11.9 Å². The first-order valence-electron chi connectivity index (χ1n) is 10.8. The number of amides is 3. The first kappa shape index (κ1) is 21.7. The van der Waals surface area contributed by atoms with E-state index < -0.39 is 0 Å². The van der Waals surface area contributed by atoms with Crippen molar-refractivity contribution in [2.24, 2.45) is 0 Å². The highest BCUT2D eigenvalue weighted by Gasteiger charge is 2.38. The quantitative estimate of drug-likeness (QED) is 0.715. The molecular weight excluding hydrogens is 410 g/mol. The van der Waals surface area contributed by atoms with Crippen molar-refractivity contribution in [1.29, 1.82) is 0 Å². The number of likely N-dealkylation sites (tertiary alicyclic amines) is 1. The summed E-state index contributed by atoms with van der Waals surface area (Å²) in [7, 11) is 0. The Kier molecular flexibility index (Phi) is 6.30. The van der Waals surface area contributed by atoms with Crippen LogP contribution in [0.1, 0.15) is 30.1 Å². The maximum atomic E-state index is 13.0. The largest absolute Gasteiger partial charge is 0.482 e. The molecule has 8 heteroatoms. The first-order chi connectivity index (χ1) is 15.5. The summed E-state index contributed by atoms with van der Waals surface area (Å²) in [5.74, 6) is 0.221. The van der Waals surface area contributed by atoms with Crippen LogP contribution in [0.2, 0.25) is 0 Å². The number of carbonyl (C=O) groups is 3. The molecule has 1 aromatic rings. The van der Waals surface area contributed by atoms with Crippen molar-refractivity contribution in [3.8, 4) is 5.75 Å². The van der Waals surface area contributed by atoms with E-state index >= 15 is 0 Å². The van der Waals surface area contributed by atoms with Crippen molar-refractivity contribution in [3.05, 3.63) is 60.2 Å². The minimum atomic E-state index is -0.350. The zero-order valence-electron chi connectivity index (χ0n) is 18.1. The van der Waals surface area contributed by atoms with Gasteiger partial charge in [-0.1, -0.05) is 30.9 Å². The summed E-state index contributed by atoms with van der Waals surface area (Å²) in [6.45, 7) is 7.48. The Hall–Kier alpha value is -3.55. The predicted octanol–water partition coefficient (Wildman–Crippen LogP) is 3.13. The zero-order chi connectivity index (χ0) is 22.7. The van der Waals surface area contributed by atoms with E-state index in [1.807, 2.05) is 31.2 Å². The van der Waals surface area contributed by atoms with Crippen molar-refractivity contribution in [2.75, 3.05) is 31.6 Å². The number of cyclic esters (lactones) is 1. The van der Waals surface area contributed by atoms with Crippen LogP contribution >= 0.6 is 0 Å². The number of nitrogens with one attached hydrogen (secondary N) is 1. The van der Waals surface area contributed by atoms with Gasteiger partial charge < -0.3 is 24.6 Å². The highest BCUT2D eigenvalue weighted by molar-refractivity contribution is 5.99. The molecule has 2 saturated heterocycles. The van der Waals surface area contributed by atoms with Crippen LogP contribution in [0.5, 0.6) is 5.75 Å². The van der Waals surface area contributed by atoms with Crippen LogP contribution in [0.4, 0.5) is 10.5 Å². The maximum Gasteiger partial charge on any atom is 0.410 e. The lowest BCUT2D eigenvalue weighted by atomic mass is 10.0. The molecule has 3 amide bonds. The van der Waals surface area contributed by atoms with Crippen LogP contribution < -0.4 is 10.1 Å². The molecule has 0 saturated carbocycles. The minimum absolute atomic E-state index is 0.0208. The number of piperidine rings is 1. The monoisotopic (exact) mass is 437 g/mol. The average molecular weight is 437 g/mol. The standard InChI is InChI=1S/C24H27N3O5/c1-3-4-5-6-16(2)21-14-27(24(30)32-21)18-9-11-26(12-10-18)23(29)17-7-8-20-19(13-17)25-22(28)15-31-20/h3-8,13,18,21H,2,9-12,14-15H2,1H3,(H,25,28)/b4-3-,6-5-/t21-/m0/s1. The molecule has 0 aromatic heterocycles. The summed E-state index contributed by atoms with van der Waals surface area (Å²) in [5, 5.41) is 2.73. The minimum Gasteiger partial charge on any atom is -0.482 e. The predicted molar refractivity (Wildman–Crippen MR) is 120 cm³/mol. The molecule has 0 spiro atoms. The summed E-state index contributed by atoms with van der Waals surface area (Å²) in [6.07, 6.45) is 8.23. The van der Waals surface area contributed by atoms with Gasteiger partial charge in [0, 0.05) is 24.7 Å². The molecule has 4 rings (SSSR count). The number of hydrogen-bond donors (Lipinski definition) is 1. The normalized spacial score (nSPS) is 21.5. The van der Waals surface area contributed by atoms with Gasteiger partial charge in [-0.25, -0.2) is 4.79 Å². The zero-order valence-corrected chi connectivity index (χ0v) is 18.1. The van der Waals surface area contributed by atoms with Gasteiger partial charge in [-0.3, -0.25) is 9.59 Å². The molecule has 3 aliphatic rings. The summed E-state index contributed by atoms with van der Waals surface area (Å²) < 4.78 is 10.9. The van der Waals surface area contributed by atoms with Gasteiger partial charge >= 0.3 is 6.09 Å². The van der Waals surface area contributed by atoms with E-state index in [0.717, 1.165) is 5.57 Å². The van der Waals surface area contributed by atoms with Gasteiger partial charge in [0.2, 0.25) is 0 Å².